The van der Waals surface area contributed by atoms with Crippen molar-refractivity contribution >= 4 is 5.91 Å². The fourth-order valence-corrected chi connectivity index (χ4v) is 3.48. The topological polar surface area (TPSA) is 69.7 Å². The normalized spacial score (nSPS) is 21.0. The minimum Gasteiger partial charge on any atom is -0.485 e. The molecule has 3 heterocycles. The quantitative estimate of drug-likeness (QED) is 0.914. The second-order valence-electron chi connectivity index (χ2n) is 6.59. The van der Waals surface area contributed by atoms with Crippen LogP contribution in [0, 0.1) is 5.92 Å². The molecule has 1 aromatic carbocycles. The van der Waals surface area contributed by atoms with E-state index >= 15 is 0 Å². The first-order chi connectivity index (χ1) is 12.8. The number of nitrogens with zero attached hydrogens (tertiary/aromatic N) is 1. The molecular weight excluding hydrogens is 332 g/mol. The molecule has 0 aliphatic carbocycles. The van der Waals surface area contributed by atoms with Crippen LogP contribution >= 0.6 is 0 Å². The maximum Gasteiger partial charge on any atom is 0.265 e. The number of nitrogens with one attached hydrogen (secondary N) is 1. The van der Waals surface area contributed by atoms with Crippen molar-refractivity contribution in [2.45, 2.75) is 25.0 Å². The molecule has 136 valence electrons. The van der Waals surface area contributed by atoms with E-state index in [1.165, 1.54) is 0 Å². The Morgan fingerprint density at radius 1 is 1.12 bits per heavy atom. The van der Waals surface area contributed by atoms with Gasteiger partial charge in [-0.15, -0.1) is 0 Å². The van der Waals surface area contributed by atoms with Crippen LogP contribution in [-0.4, -0.2) is 36.8 Å². The number of rotatable bonds is 4. The first-order valence-electron chi connectivity index (χ1n) is 8.98. The molecule has 1 aromatic heterocycles. The molecule has 0 radical (unpaired) electrons. The summed E-state index contributed by atoms with van der Waals surface area (Å²) in [5.74, 6) is 1.42. The summed E-state index contributed by atoms with van der Waals surface area (Å²) in [5, 5.41) is 3.16. The first kappa shape index (κ1) is 16.8. The van der Waals surface area contributed by atoms with Crippen LogP contribution in [0.1, 0.15) is 24.4 Å². The average molecular weight is 354 g/mol. The molecule has 0 spiro atoms. The second-order valence-corrected chi connectivity index (χ2v) is 6.59. The molecule has 6 heteroatoms. The molecule has 2 aliphatic rings. The van der Waals surface area contributed by atoms with Crippen LogP contribution in [0.3, 0.4) is 0 Å². The standard InChI is InChI=1S/C20H22N2O4/c23-20(18-13-25-16-5-1-2-6-17(16)26-18)22-19(14-7-10-24-11-8-14)15-4-3-9-21-12-15/h1-6,9,12,14,18-19H,7-8,10-11,13H2,(H,22,23). The molecule has 4 rings (SSSR count). The minimum atomic E-state index is -0.663. The number of hydrogen-bond acceptors (Lipinski definition) is 5. The molecule has 2 aliphatic heterocycles. The molecule has 1 amide bonds. The van der Waals surface area contributed by atoms with Gasteiger partial charge in [0.15, 0.2) is 11.5 Å². The van der Waals surface area contributed by atoms with Gasteiger partial charge in [-0.05, 0) is 42.5 Å². The third-order valence-electron chi connectivity index (χ3n) is 4.88. The third-order valence-corrected chi connectivity index (χ3v) is 4.88. The van der Waals surface area contributed by atoms with E-state index < -0.39 is 6.10 Å². The summed E-state index contributed by atoms with van der Waals surface area (Å²) in [5.41, 5.74) is 1.00. The van der Waals surface area contributed by atoms with Gasteiger partial charge < -0.3 is 19.5 Å². The number of ether oxygens (including phenoxy) is 3. The van der Waals surface area contributed by atoms with Crippen molar-refractivity contribution in [3.8, 4) is 11.5 Å². The Hall–Kier alpha value is -2.60. The van der Waals surface area contributed by atoms with E-state index in [1.54, 1.807) is 6.20 Å². The number of amides is 1. The van der Waals surface area contributed by atoms with Crippen LogP contribution in [0.25, 0.3) is 0 Å². The van der Waals surface area contributed by atoms with Crippen molar-refractivity contribution < 1.29 is 19.0 Å². The Balaban J connectivity index is 1.49. The zero-order valence-electron chi connectivity index (χ0n) is 14.5. The maximum absolute atomic E-state index is 12.9. The third kappa shape index (κ3) is 3.65. The van der Waals surface area contributed by atoms with Crippen molar-refractivity contribution in [1.29, 1.82) is 0 Å². The molecule has 6 nitrogen and oxygen atoms in total. The van der Waals surface area contributed by atoms with Crippen molar-refractivity contribution in [2.24, 2.45) is 5.92 Å². The predicted octanol–water partition coefficient (Wildman–Crippen LogP) is 2.51. The highest BCUT2D eigenvalue weighted by Gasteiger charge is 2.32. The Kier molecular flexibility index (Phi) is 5.02. The zero-order valence-corrected chi connectivity index (χ0v) is 14.5. The minimum absolute atomic E-state index is 0.110. The maximum atomic E-state index is 12.9. The molecule has 1 N–H and O–H groups in total. The summed E-state index contributed by atoms with van der Waals surface area (Å²) in [7, 11) is 0. The largest absolute Gasteiger partial charge is 0.485 e. The molecule has 0 bridgehead atoms. The number of aromatic nitrogens is 1. The van der Waals surface area contributed by atoms with Crippen molar-refractivity contribution in [3.05, 3.63) is 54.4 Å². The molecule has 0 saturated carbocycles. The molecule has 1 saturated heterocycles. The highest BCUT2D eigenvalue weighted by Crippen LogP contribution is 2.32. The number of carbonyl (C=O) groups excluding carboxylic acids is 1. The van der Waals surface area contributed by atoms with Gasteiger partial charge in [-0.25, -0.2) is 0 Å². The Labute approximate surface area is 152 Å². The van der Waals surface area contributed by atoms with Gasteiger partial charge in [0.05, 0.1) is 6.04 Å². The van der Waals surface area contributed by atoms with Gasteiger partial charge in [0.1, 0.15) is 6.61 Å². The number of hydrogen-bond donors (Lipinski definition) is 1. The van der Waals surface area contributed by atoms with E-state index in [0.29, 0.717) is 30.6 Å². The van der Waals surface area contributed by atoms with E-state index in [9.17, 15) is 4.79 Å². The van der Waals surface area contributed by atoms with Gasteiger partial charge in [0, 0.05) is 25.6 Å². The SMILES string of the molecule is O=C(NC(c1cccnc1)C1CCOCC1)C1COc2ccccc2O1. The lowest BCUT2D eigenvalue weighted by atomic mass is 9.87. The van der Waals surface area contributed by atoms with Crippen LogP contribution < -0.4 is 14.8 Å². The predicted molar refractivity (Wildman–Crippen MR) is 95.0 cm³/mol. The summed E-state index contributed by atoms with van der Waals surface area (Å²) in [6.45, 7) is 1.64. The van der Waals surface area contributed by atoms with Crippen molar-refractivity contribution in [2.75, 3.05) is 19.8 Å². The van der Waals surface area contributed by atoms with E-state index in [0.717, 1.165) is 18.4 Å². The van der Waals surface area contributed by atoms with Gasteiger partial charge in [0.2, 0.25) is 6.10 Å². The highest BCUT2D eigenvalue weighted by molar-refractivity contribution is 5.82. The summed E-state index contributed by atoms with van der Waals surface area (Å²) in [6.07, 6.45) is 4.70. The lowest BCUT2D eigenvalue weighted by Gasteiger charge is -2.33. The van der Waals surface area contributed by atoms with Gasteiger partial charge >= 0.3 is 0 Å². The Bertz CT molecular complexity index is 746. The highest BCUT2D eigenvalue weighted by atomic mass is 16.6. The molecule has 2 unspecified atom stereocenters. The van der Waals surface area contributed by atoms with E-state index in [1.807, 2.05) is 42.6 Å². The summed E-state index contributed by atoms with van der Waals surface area (Å²) >= 11 is 0. The molecular formula is C20H22N2O4. The van der Waals surface area contributed by atoms with Crippen LogP contribution in [0.4, 0.5) is 0 Å². The summed E-state index contributed by atoms with van der Waals surface area (Å²) < 4.78 is 17.0. The van der Waals surface area contributed by atoms with Crippen LogP contribution in [0.5, 0.6) is 11.5 Å². The van der Waals surface area contributed by atoms with E-state index in [-0.39, 0.29) is 18.6 Å². The van der Waals surface area contributed by atoms with Crippen LogP contribution in [-0.2, 0) is 9.53 Å². The molecule has 1 fully saturated rings. The van der Waals surface area contributed by atoms with Crippen molar-refractivity contribution in [1.82, 2.24) is 10.3 Å². The monoisotopic (exact) mass is 354 g/mol. The van der Waals surface area contributed by atoms with Crippen LogP contribution in [0.15, 0.2) is 48.8 Å². The van der Waals surface area contributed by atoms with Gasteiger partial charge in [0.25, 0.3) is 5.91 Å². The lowest BCUT2D eigenvalue weighted by Crippen LogP contribution is -2.47. The van der Waals surface area contributed by atoms with Crippen molar-refractivity contribution in [3.63, 3.8) is 0 Å². The van der Waals surface area contributed by atoms with Crippen LogP contribution in [0.2, 0.25) is 0 Å². The smallest absolute Gasteiger partial charge is 0.265 e. The van der Waals surface area contributed by atoms with E-state index in [4.69, 9.17) is 14.2 Å². The lowest BCUT2D eigenvalue weighted by molar-refractivity contribution is -0.131. The Morgan fingerprint density at radius 2 is 1.92 bits per heavy atom. The van der Waals surface area contributed by atoms with Gasteiger partial charge in [-0.3, -0.25) is 9.78 Å². The van der Waals surface area contributed by atoms with Gasteiger partial charge in [-0.1, -0.05) is 18.2 Å². The number of para-hydroxylation sites is 2. The summed E-state index contributed by atoms with van der Waals surface area (Å²) in [4.78, 5) is 17.1. The van der Waals surface area contributed by atoms with Gasteiger partial charge in [-0.2, -0.15) is 0 Å². The van der Waals surface area contributed by atoms with E-state index in [2.05, 4.69) is 10.3 Å². The number of carbonyl (C=O) groups is 1. The number of pyridine rings is 1. The Morgan fingerprint density at radius 3 is 2.69 bits per heavy atom. The summed E-state index contributed by atoms with van der Waals surface area (Å²) in [6, 6.07) is 11.2. The fourth-order valence-electron chi connectivity index (χ4n) is 3.48. The average Bonchev–Trinajstić information content (AvgIpc) is 2.72. The fraction of sp³-hybridized carbons (Fsp3) is 0.400. The zero-order chi connectivity index (χ0) is 17.8. The molecule has 2 aromatic rings. The number of benzene rings is 1. The number of fused-ring (bicyclic) bond motifs is 1. The second kappa shape index (κ2) is 7.74. The molecule has 26 heavy (non-hydrogen) atoms. The first-order valence-corrected chi connectivity index (χ1v) is 8.98. The molecule has 2 atom stereocenters.